The van der Waals surface area contributed by atoms with Gasteiger partial charge in [0, 0.05) is 23.6 Å². The second kappa shape index (κ2) is 5.61. The standard InChI is InChI=1S/C14H20BrN3O/c1-9-4-5-12(11(15)6-9)18-8-10(2)17(3)13(7-16)14(18)19/h4-6,10,13H,7-8,16H2,1-3H3. The SMILES string of the molecule is Cc1ccc(N2CC(C)N(C)C(CN)C2=O)c(Br)c1. The first-order valence-corrected chi connectivity index (χ1v) is 7.24. The number of nitrogens with two attached hydrogens (primary N) is 1. The van der Waals surface area contributed by atoms with Crippen LogP contribution in [0.3, 0.4) is 0 Å². The molecule has 2 rings (SSSR count). The van der Waals surface area contributed by atoms with Gasteiger partial charge in [0.2, 0.25) is 5.91 Å². The fraction of sp³-hybridized carbons (Fsp3) is 0.500. The summed E-state index contributed by atoms with van der Waals surface area (Å²) in [4.78, 5) is 16.4. The van der Waals surface area contributed by atoms with E-state index in [1.807, 2.05) is 37.1 Å². The molecule has 1 aliphatic rings. The summed E-state index contributed by atoms with van der Waals surface area (Å²) in [5.41, 5.74) is 7.84. The number of hydrogen-bond donors (Lipinski definition) is 1. The predicted octanol–water partition coefficient (Wildman–Crippen LogP) is 1.75. The lowest BCUT2D eigenvalue weighted by Crippen LogP contribution is -2.62. The minimum atomic E-state index is -0.239. The third kappa shape index (κ3) is 2.68. The van der Waals surface area contributed by atoms with Crippen LogP contribution >= 0.6 is 15.9 Å². The number of rotatable bonds is 2. The van der Waals surface area contributed by atoms with Gasteiger partial charge in [0.1, 0.15) is 6.04 Å². The van der Waals surface area contributed by atoms with E-state index in [-0.39, 0.29) is 11.9 Å². The number of carbonyl (C=O) groups excluding carboxylic acids is 1. The zero-order chi connectivity index (χ0) is 14.2. The van der Waals surface area contributed by atoms with Gasteiger partial charge in [-0.2, -0.15) is 0 Å². The van der Waals surface area contributed by atoms with E-state index in [4.69, 9.17) is 5.73 Å². The van der Waals surface area contributed by atoms with Gasteiger partial charge in [-0.3, -0.25) is 9.69 Å². The lowest BCUT2D eigenvalue weighted by molar-refractivity contribution is -0.126. The van der Waals surface area contributed by atoms with E-state index in [2.05, 4.69) is 27.8 Å². The molecule has 1 aliphatic heterocycles. The van der Waals surface area contributed by atoms with Crippen LogP contribution in [0.25, 0.3) is 0 Å². The highest BCUT2D eigenvalue weighted by Crippen LogP contribution is 2.30. The molecule has 0 radical (unpaired) electrons. The molecule has 1 saturated heterocycles. The number of hydrogen-bond acceptors (Lipinski definition) is 3. The third-order valence-corrected chi connectivity index (χ3v) is 4.44. The summed E-state index contributed by atoms with van der Waals surface area (Å²) in [6.45, 7) is 5.18. The van der Waals surface area contributed by atoms with Crippen molar-refractivity contribution in [3.63, 3.8) is 0 Å². The molecule has 0 aliphatic carbocycles. The number of amides is 1. The summed E-state index contributed by atoms with van der Waals surface area (Å²) in [6.07, 6.45) is 0. The highest BCUT2D eigenvalue weighted by molar-refractivity contribution is 9.10. The third-order valence-electron chi connectivity index (χ3n) is 3.80. The maximum absolute atomic E-state index is 12.5. The number of halogens is 1. The predicted molar refractivity (Wildman–Crippen MR) is 81.3 cm³/mol. The minimum absolute atomic E-state index is 0.0765. The molecule has 4 nitrogen and oxygen atoms in total. The smallest absolute Gasteiger partial charge is 0.245 e. The molecule has 2 unspecified atom stereocenters. The van der Waals surface area contributed by atoms with E-state index in [1.54, 1.807) is 0 Å². The Balaban J connectivity index is 2.36. The van der Waals surface area contributed by atoms with Crippen LogP contribution in [0.2, 0.25) is 0 Å². The van der Waals surface area contributed by atoms with Crippen molar-refractivity contribution in [3.8, 4) is 0 Å². The molecular formula is C14H20BrN3O. The zero-order valence-electron chi connectivity index (χ0n) is 11.6. The molecule has 2 N–H and O–H groups in total. The van der Waals surface area contributed by atoms with Crippen molar-refractivity contribution in [2.45, 2.75) is 25.9 Å². The van der Waals surface area contributed by atoms with E-state index in [1.165, 1.54) is 5.56 Å². The van der Waals surface area contributed by atoms with Gasteiger partial charge in [0.05, 0.1) is 5.69 Å². The van der Waals surface area contributed by atoms with Crippen LogP contribution in [0.15, 0.2) is 22.7 Å². The molecule has 0 bridgehead atoms. The Kier molecular flexibility index (Phi) is 4.28. The van der Waals surface area contributed by atoms with E-state index in [0.717, 1.165) is 10.2 Å². The topological polar surface area (TPSA) is 49.6 Å². The number of nitrogens with zero attached hydrogens (tertiary/aromatic N) is 2. The maximum Gasteiger partial charge on any atom is 0.245 e. The molecule has 1 amide bonds. The van der Waals surface area contributed by atoms with Crippen molar-refractivity contribution in [2.24, 2.45) is 5.73 Å². The lowest BCUT2D eigenvalue weighted by atomic mass is 10.1. The number of piperazine rings is 1. The first-order valence-electron chi connectivity index (χ1n) is 6.45. The van der Waals surface area contributed by atoms with Gasteiger partial charge >= 0.3 is 0 Å². The van der Waals surface area contributed by atoms with Crippen molar-refractivity contribution < 1.29 is 4.79 Å². The zero-order valence-corrected chi connectivity index (χ0v) is 13.1. The van der Waals surface area contributed by atoms with Gasteiger partial charge in [0.25, 0.3) is 0 Å². The highest BCUT2D eigenvalue weighted by atomic mass is 79.9. The molecule has 5 heteroatoms. The number of aryl methyl sites for hydroxylation is 1. The van der Waals surface area contributed by atoms with Crippen LogP contribution < -0.4 is 10.6 Å². The quantitative estimate of drug-likeness (QED) is 0.901. The fourth-order valence-corrected chi connectivity index (χ4v) is 3.17. The monoisotopic (exact) mass is 325 g/mol. The Morgan fingerprint density at radius 2 is 2.16 bits per heavy atom. The molecule has 0 spiro atoms. The Hall–Kier alpha value is -0.910. The first-order chi connectivity index (χ1) is 8.95. The summed E-state index contributed by atoms with van der Waals surface area (Å²) in [6, 6.07) is 6.09. The fourth-order valence-electron chi connectivity index (χ4n) is 2.46. The van der Waals surface area contributed by atoms with Gasteiger partial charge in [-0.15, -0.1) is 0 Å². The Labute approximate surface area is 122 Å². The average molecular weight is 326 g/mol. The molecular weight excluding hydrogens is 306 g/mol. The van der Waals surface area contributed by atoms with E-state index in [0.29, 0.717) is 19.1 Å². The summed E-state index contributed by atoms with van der Waals surface area (Å²) in [5, 5.41) is 0. The van der Waals surface area contributed by atoms with Crippen LogP contribution in [0.4, 0.5) is 5.69 Å². The van der Waals surface area contributed by atoms with E-state index >= 15 is 0 Å². The summed E-state index contributed by atoms with van der Waals surface area (Å²) < 4.78 is 0.952. The Morgan fingerprint density at radius 3 is 2.74 bits per heavy atom. The minimum Gasteiger partial charge on any atom is -0.328 e. The summed E-state index contributed by atoms with van der Waals surface area (Å²) >= 11 is 3.55. The van der Waals surface area contributed by atoms with Crippen LogP contribution in [0.1, 0.15) is 12.5 Å². The van der Waals surface area contributed by atoms with Crippen LogP contribution in [0, 0.1) is 6.92 Å². The molecule has 0 aromatic heterocycles. The highest BCUT2D eigenvalue weighted by Gasteiger charge is 2.36. The molecule has 0 saturated carbocycles. The number of likely N-dealkylation sites (N-methyl/N-ethyl adjacent to an activating group) is 1. The van der Waals surface area contributed by atoms with Gasteiger partial charge in [-0.1, -0.05) is 6.07 Å². The second-order valence-corrected chi connectivity index (χ2v) is 6.02. The lowest BCUT2D eigenvalue weighted by Gasteiger charge is -2.42. The number of benzene rings is 1. The molecule has 1 aromatic carbocycles. The molecule has 1 fully saturated rings. The molecule has 19 heavy (non-hydrogen) atoms. The average Bonchev–Trinajstić information content (AvgIpc) is 2.35. The molecule has 1 heterocycles. The van der Waals surface area contributed by atoms with Crippen LogP contribution in [0.5, 0.6) is 0 Å². The first kappa shape index (κ1) is 14.5. The van der Waals surface area contributed by atoms with Crippen molar-refractivity contribution in [3.05, 3.63) is 28.2 Å². The summed E-state index contributed by atoms with van der Waals surface area (Å²) in [5.74, 6) is 0.0765. The van der Waals surface area contributed by atoms with Crippen molar-refractivity contribution >= 4 is 27.5 Å². The van der Waals surface area contributed by atoms with Crippen molar-refractivity contribution in [1.29, 1.82) is 0 Å². The molecule has 2 atom stereocenters. The largest absolute Gasteiger partial charge is 0.328 e. The number of anilines is 1. The van der Waals surface area contributed by atoms with E-state index < -0.39 is 0 Å². The normalized spacial score (nSPS) is 24.9. The van der Waals surface area contributed by atoms with Crippen molar-refractivity contribution in [2.75, 3.05) is 25.0 Å². The van der Waals surface area contributed by atoms with Gasteiger partial charge in [-0.05, 0) is 54.5 Å². The molecule has 104 valence electrons. The Morgan fingerprint density at radius 1 is 1.47 bits per heavy atom. The second-order valence-electron chi connectivity index (χ2n) is 5.17. The van der Waals surface area contributed by atoms with Crippen LogP contribution in [-0.4, -0.2) is 43.0 Å². The molecule has 1 aromatic rings. The van der Waals surface area contributed by atoms with Gasteiger partial charge < -0.3 is 10.6 Å². The van der Waals surface area contributed by atoms with Crippen LogP contribution in [-0.2, 0) is 4.79 Å². The van der Waals surface area contributed by atoms with Crippen molar-refractivity contribution in [1.82, 2.24) is 4.90 Å². The Bertz CT molecular complexity index is 492. The van der Waals surface area contributed by atoms with Gasteiger partial charge in [-0.25, -0.2) is 0 Å². The van der Waals surface area contributed by atoms with E-state index in [9.17, 15) is 4.79 Å². The summed E-state index contributed by atoms with van der Waals surface area (Å²) in [7, 11) is 1.96. The number of carbonyl (C=O) groups is 1. The maximum atomic E-state index is 12.5. The van der Waals surface area contributed by atoms with Gasteiger partial charge in [0.15, 0.2) is 0 Å².